The molecule has 0 spiro atoms. The van der Waals surface area contributed by atoms with Crippen LogP contribution in [0.3, 0.4) is 0 Å². The maximum absolute atomic E-state index is 9.44. The van der Waals surface area contributed by atoms with E-state index < -0.39 is 15.6 Å². The van der Waals surface area contributed by atoms with Gasteiger partial charge in [-0.15, -0.1) is 0 Å². The molecule has 0 saturated carbocycles. The fraction of sp³-hybridized carbons (Fsp3) is 0. The molecule has 0 aliphatic rings. The van der Waals surface area contributed by atoms with E-state index in [1.54, 1.807) is 0 Å². The Balaban J connectivity index is -0.000000320. The number of rotatable bonds is 2. The van der Waals surface area contributed by atoms with Crippen LogP contribution in [0.5, 0.6) is 0 Å². The minimum Gasteiger partial charge on any atom is -0.790 e. The molecular formula is HCsNiO7P2. The van der Waals surface area contributed by atoms with E-state index in [1.807, 2.05) is 0 Å². The Labute approximate surface area is 131 Å². The first-order valence-corrected chi connectivity index (χ1v) is 4.43. The van der Waals surface area contributed by atoms with Crippen molar-refractivity contribution in [2.24, 2.45) is 0 Å². The molecule has 0 aromatic heterocycles. The van der Waals surface area contributed by atoms with E-state index in [2.05, 4.69) is 4.31 Å². The van der Waals surface area contributed by atoms with Gasteiger partial charge in [-0.05, 0) is 0 Å². The summed E-state index contributed by atoms with van der Waals surface area (Å²) in [6.45, 7) is 0. The summed E-state index contributed by atoms with van der Waals surface area (Å²) in [6.07, 6.45) is 0. The summed E-state index contributed by atoms with van der Waals surface area (Å²) in [5, 5.41) is 0. The zero-order valence-electron chi connectivity index (χ0n) is 5.11. The molecule has 11 heavy (non-hydrogen) atoms. The van der Waals surface area contributed by atoms with Gasteiger partial charge in [-0.3, -0.25) is 8.88 Å². The molecule has 0 rings (SSSR count). The Morgan fingerprint density at radius 1 is 1.18 bits per heavy atom. The van der Waals surface area contributed by atoms with Crippen molar-refractivity contribution < 1.29 is 118 Å². The van der Waals surface area contributed by atoms with Crippen LogP contribution in [0.15, 0.2) is 0 Å². The molecule has 0 bridgehead atoms. The maximum Gasteiger partial charge on any atom is 2.00 e. The molecule has 0 aliphatic heterocycles. The fourth-order valence-corrected chi connectivity index (χ4v) is 1.14. The van der Waals surface area contributed by atoms with E-state index in [-0.39, 0.29) is 85.4 Å². The molecule has 1 N–H and O–H groups in total. The van der Waals surface area contributed by atoms with Gasteiger partial charge >= 0.3 is 85.4 Å². The third kappa shape index (κ3) is 19.3. The second-order valence-corrected chi connectivity index (χ2v) is 3.48. The summed E-state index contributed by atoms with van der Waals surface area (Å²) in [5.74, 6) is 0. The van der Waals surface area contributed by atoms with Crippen molar-refractivity contribution in [3.8, 4) is 0 Å². The summed E-state index contributed by atoms with van der Waals surface area (Å²) < 4.78 is 21.4. The molecule has 7 nitrogen and oxygen atoms in total. The summed E-state index contributed by atoms with van der Waals surface area (Å²) in [4.78, 5) is 35.7. The Kier molecular flexibility index (Phi) is 12.6. The minimum absolute atomic E-state index is 0. The number of hydrogen-bond acceptors (Lipinski definition) is 6. The molecule has 1 unspecified atom stereocenters. The first-order valence-electron chi connectivity index (χ1n) is 1.48. The van der Waals surface area contributed by atoms with Crippen LogP contribution >= 0.6 is 15.6 Å². The summed E-state index contributed by atoms with van der Waals surface area (Å²) in [6, 6.07) is 0. The van der Waals surface area contributed by atoms with Crippen LogP contribution in [0.25, 0.3) is 0 Å². The topological polar surface area (TPSA) is 133 Å². The van der Waals surface area contributed by atoms with Crippen molar-refractivity contribution in [1.29, 1.82) is 0 Å². The van der Waals surface area contributed by atoms with E-state index in [0.29, 0.717) is 0 Å². The minimum atomic E-state index is -5.61. The van der Waals surface area contributed by atoms with Crippen LogP contribution in [-0.2, 0) is 29.9 Å². The van der Waals surface area contributed by atoms with Gasteiger partial charge in [0.1, 0.15) is 0 Å². The van der Waals surface area contributed by atoms with E-state index in [9.17, 15) is 23.8 Å². The van der Waals surface area contributed by atoms with Crippen molar-refractivity contribution in [2.45, 2.75) is 0 Å². The average Bonchev–Trinajstić information content (AvgIpc) is 1.14. The third-order valence-electron chi connectivity index (χ3n) is 0.203. The summed E-state index contributed by atoms with van der Waals surface area (Å²) in [5.41, 5.74) is 0. The number of hydrogen-bond donors (Lipinski definition) is 1. The van der Waals surface area contributed by atoms with Gasteiger partial charge in [0.05, 0.1) is 7.82 Å². The zero-order chi connectivity index (χ0) is 7.71. The molecule has 0 aromatic carbocycles. The van der Waals surface area contributed by atoms with Crippen molar-refractivity contribution in [3.05, 3.63) is 0 Å². The molecule has 0 fully saturated rings. The van der Waals surface area contributed by atoms with Crippen LogP contribution in [0.1, 0.15) is 0 Å². The fourth-order valence-electron chi connectivity index (χ4n) is 0.126. The molecule has 0 aromatic rings. The molecule has 1 atom stereocenters. The molecule has 0 amide bonds. The van der Waals surface area contributed by atoms with Gasteiger partial charge in [0.25, 0.3) is 7.82 Å². The number of phosphoric acid groups is 2. The van der Waals surface area contributed by atoms with Crippen molar-refractivity contribution >= 4 is 15.6 Å². The molecule has 11 heteroatoms. The second kappa shape index (κ2) is 7.14. The molecular weight excluding hydrogens is 366 g/mol. The predicted molar refractivity (Wildman–Crippen MR) is 18.5 cm³/mol. The maximum atomic E-state index is 9.44. The summed E-state index contributed by atoms with van der Waals surface area (Å²) in [7, 11) is -11.0. The smallest absolute Gasteiger partial charge is 0.790 e. The van der Waals surface area contributed by atoms with Gasteiger partial charge < -0.3 is 24.1 Å². The van der Waals surface area contributed by atoms with Crippen molar-refractivity contribution in [2.75, 3.05) is 0 Å². The molecule has 0 aliphatic carbocycles. The molecule has 0 radical (unpaired) electrons. The van der Waals surface area contributed by atoms with E-state index in [4.69, 9.17) is 4.89 Å². The van der Waals surface area contributed by atoms with E-state index in [1.165, 1.54) is 0 Å². The van der Waals surface area contributed by atoms with Crippen molar-refractivity contribution in [1.82, 2.24) is 0 Å². The van der Waals surface area contributed by atoms with Crippen LogP contribution in [0.2, 0.25) is 0 Å². The first-order chi connectivity index (χ1) is 3.71. The Hall–Kier alpha value is 2.81. The van der Waals surface area contributed by atoms with Crippen LogP contribution in [0.4, 0.5) is 0 Å². The first kappa shape index (κ1) is 19.4. The Morgan fingerprint density at radius 2 is 1.45 bits per heavy atom. The van der Waals surface area contributed by atoms with Gasteiger partial charge in [-0.25, -0.2) is 0 Å². The van der Waals surface area contributed by atoms with Gasteiger partial charge in [0.15, 0.2) is 0 Å². The predicted octanol–water partition coefficient (Wildman–Crippen LogP) is -5.71. The monoisotopic (exact) mass is 366 g/mol. The normalized spacial score (nSPS) is 15.6. The summed E-state index contributed by atoms with van der Waals surface area (Å²) >= 11 is 0. The zero-order valence-corrected chi connectivity index (χ0v) is 14.2. The SMILES string of the molecule is O=P([O-])([O-])OP(=O)([O-])O.[Cs+].[Ni+2]. The standard InChI is InChI=1S/Cs.Ni.H4O7P2/c;;1-8(2,3)7-9(4,5)6/h;;(H2,1,2,3)(H2,4,5,6)/q+1;+2;/p-3. The van der Waals surface area contributed by atoms with Crippen LogP contribution < -0.4 is 83.6 Å². The van der Waals surface area contributed by atoms with Crippen molar-refractivity contribution in [3.63, 3.8) is 0 Å². The second-order valence-electron chi connectivity index (χ2n) is 0.997. The van der Waals surface area contributed by atoms with Gasteiger partial charge in [-0.1, -0.05) is 0 Å². The quantitative estimate of drug-likeness (QED) is 0.380. The average molecular weight is 367 g/mol. The molecule has 0 saturated heterocycles. The van der Waals surface area contributed by atoms with E-state index in [0.717, 1.165) is 0 Å². The molecule has 0 heterocycles. The van der Waals surface area contributed by atoms with Gasteiger partial charge in [-0.2, -0.15) is 0 Å². The Bertz CT molecular complexity index is 157. The Morgan fingerprint density at radius 3 is 1.45 bits per heavy atom. The third-order valence-corrected chi connectivity index (χ3v) is 1.83. The van der Waals surface area contributed by atoms with E-state index >= 15 is 0 Å². The van der Waals surface area contributed by atoms with Gasteiger partial charge in [0.2, 0.25) is 0 Å². The molecule has 64 valence electrons. The van der Waals surface area contributed by atoms with Gasteiger partial charge in [0, 0.05) is 0 Å². The van der Waals surface area contributed by atoms with Crippen LogP contribution in [0, 0.1) is 0 Å². The van der Waals surface area contributed by atoms with Crippen LogP contribution in [-0.4, -0.2) is 4.89 Å². The largest absolute Gasteiger partial charge is 2.00 e.